The van der Waals surface area contributed by atoms with E-state index in [1.165, 1.54) is 11.3 Å². The third-order valence-corrected chi connectivity index (χ3v) is 3.73. The second-order valence-corrected chi connectivity index (χ2v) is 7.67. The normalized spacial score (nSPS) is 17.4. The Morgan fingerprint density at radius 3 is 2.05 bits per heavy atom. The molecular weight excluding hydrogens is 248 g/mol. The molecule has 0 saturated carbocycles. The zero-order chi connectivity index (χ0) is 15.0. The fourth-order valence-corrected chi connectivity index (χ4v) is 2.59. The molecule has 2 heterocycles. The van der Waals surface area contributed by atoms with E-state index in [2.05, 4.69) is 58.6 Å². The molecule has 20 heavy (non-hydrogen) atoms. The lowest BCUT2D eigenvalue weighted by atomic mass is 9.78. The number of rotatable bonds is 1. The van der Waals surface area contributed by atoms with E-state index in [1.54, 1.807) is 0 Å². The van der Waals surface area contributed by atoms with E-state index in [-0.39, 0.29) is 10.8 Å². The minimum Gasteiger partial charge on any atom is -0.378 e. The van der Waals surface area contributed by atoms with Gasteiger partial charge < -0.3 is 9.64 Å². The number of hydrogen-bond donors (Lipinski definition) is 0. The first kappa shape index (κ1) is 15.3. The van der Waals surface area contributed by atoms with Gasteiger partial charge in [0.05, 0.1) is 18.9 Å². The number of nitrogens with zero attached hydrogens (tertiary/aromatic N) is 2. The molecule has 112 valence electrons. The third kappa shape index (κ3) is 3.32. The summed E-state index contributed by atoms with van der Waals surface area (Å²) in [7, 11) is 0. The highest BCUT2D eigenvalue weighted by atomic mass is 16.5. The smallest absolute Gasteiger partial charge is 0.129 e. The Bertz CT molecular complexity index is 463. The standard InChI is InChI=1S/C17H28N2O/c1-16(2,3)13-7-8-14(18-15(13)17(4,5)6)19-9-11-20-12-10-19/h7-8H,9-12H2,1-6H3. The lowest BCUT2D eigenvalue weighted by Crippen LogP contribution is -2.37. The van der Waals surface area contributed by atoms with E-state index in [0.717, 1.165) is 32.1 Å². The summed E-state index contributed by atoms with van der Waals surface area (Å²) < 4.78 is 5.43. The first-order valence-electron chi connectivity index (χ1n) is 7.54. The van der Waals surface area contributed by atoms with Crippen molar-refractivity contribution in [2.24, 2.45) is 0 Å². The van der Waals surface area contributed by atoms with Gasteiger partial charge in [0.15, 0.2) is 0 Å². The molecule has 0 N–H and O–H groups in total. The molecule has 0 unspecified atom stereocenters. The summed E-state index contributed by atoms with van der Waals surface area (Å²) in [5, 5.41) is 0. The zero-order valence-electron chi connectivity index (χ0n) is 13.8. The van der Waals surface area contributed by atoms with Gasteiger partial charge in [-0.1, -0.05) is 47.6 Å². The molecule has 0 spiro atoms. The van der Waals surface area contributed by atoms with Crippen LogP contribution in [0.3, 0.4) is 0 Å². The highest BCUT2D eigenvalue weighted by Gasteiger charge is 2.27. The zero-order valence-corrected chi connectivity index (χ0v) is 13.8. The Hall–Kier alpha value is -1.09. The number of pyridine rings is 1. The van der Waals surface area contributed by atoms with Crippen molar-refractivity contribution in [3.63, 3.8) is 0 Å². The van der Waals surface area contributed by atoms with Crippen molar-refractivity contribution >= 4 is 5.82 Å². The maximum Gasteiger partial charge on any atom is 0.129 e. The SMILES string of the molecule is CC(C)(C)c1ccc(N2CCOCC2)nc1C(C)(C)C. The number of hydrogen-bond acceptors (Lipinski definition) is 3. The van der Waals surface area contributed by atoms with Gasteiger partial charge in [0.2, 0.25) is 0 Å². The summed E-state index contributed by atoms with van der Waals surface area (Å²) in [5.41, 5.74) is 2.75. The van der Waals surface area contributed by atoms with Crippen LogP contribution in [0.15, 0.2) is 12.1 Å². The van der Waals surface area contributed by atoms with Crippen LogP contribution in [0.4, 0.5) is 5.82 Å². The molecule has 1 aromatic rings. The van der Waals surface area contributed by atoms with E-state index in [0.29, 0.717) is 0 Å². The van der Waals surface area contributed by atoms with Crippen LogP contribution in [0.2, 0.25) is 0 Å². The van der Waals surface area contributed by atoms with E-state index >= 15 is 0 Å². The van der Waals surface area contributed by atoms with Gasteiger partial charge in [-0.05, 0) is 17.0 Å². The van der Waals surface area contributed by atoms with Crippen LogP contribution in [0.5, 0.6) is 0 Å². The first-order chi connectivity index (χ1) is 9.19. The van der Waals surface area contributed by atoms with E-state index < -0.39 is 0 Å². The number of morpholine rings is 1. The molecule has 2 rings (SSSR count). The molecule has 0 atom stereocenters. The second kappa shape index (κ2) is 5.36. The molecule has 0 radical (unpaired) electrons. The summed E-state index contributed by atoms with van der Waals surface area (Å²) in [5.74, 6) is 1.09. The molecule has 0 aromatic carbocycles. The summed E-state index contributed by atoms with van der Waals surface area (Å²) in [6.45, 7) is 17.0. The van der Waals surface area contributed by atoms with Crippen molar-refractivity contribution in [1.82, 2.24) is 4.98 Å². The van der Waals surface area contributed by atoms with Crippen LogP contribution in [-0.2, 0) is 15.6 Å². The summed E-state index contributed by atoms with van der Waals surface area (Å²) >= 11 is 0. The molecule has 1 aliphatic rings. The van der Waals surface area contributed by atoms with Gasteiger partial charge in [0, 0.05) is 18.5 Å². The molecular formula is C17H28N2O. The highest BCUT2D eigenvalue weighted by Crippen LogP contribution is 2.34. The van der Waals surface area contributed by atoms with Crippen molar-refractivity contribution in [2.75, 3.05) is 31.2 Å². The predicted molar refractivity (Wildman–Crippen MR) is 84.7 cm³/mol. The second-order valence-electron chi connectivity index (χ2n) is 7.67. The predicted octanol–water partition coefficient (Wildman–Crippen LogP) is 3.51. The average Bonchev–Trinajstić information content (AvgIpc) is 2.37. The van der Waals surface area contributed by atoms with Gasteiger partial charge in [0.25, 0.3) is 0 Å². The van der Waals surface area contributed by atoms with E-state index in [4.69, 9.17) is 9.72 Å². The summed E-state index contributed by atoms with van der Waals surface area (Å²) in [6.07, 6.45) is 0. The average molecular weight is 276 g/mol. The quantitative estimate of drug-likeness (QED) is 0.785. The molecule has 0 amide bonds. The van der Waals surface area contributed by atoms with Crippen LogP contribution >= 0.6 is 0 Å². The monoisotopic (exact) mass is 276 g/mol. The molecule has 1 aliphatic heterocycles. The molecule has 3 nitrogen and oxygen atoms in total. The van der Waals surface area contributed by atoms with Gasteiger partial charge >= 0.3 is 0 Å². The maximum absolute atomic E-state index is 5.43. The molecule has 0 aliphatic carbocycles. The summed E-state index contributed by atoms with van der Waals surface area (Å²) in [4.78, 5) is 7.33. The molecule has 1 aromatic heterocycles. The van der Waals surface area contributed by atoms with Crippen LogP contribution in [0, 0.1) is 0 Å². The minimum absolute atomic E-state index is 0.0604. The van der Waals surface area contributed by atoms with Gasteiger partial charge in [0.1, 0.15) is 5.82 Å². The van der Waals surface area contributed by atoms with Gasteiger partial charge in [-0.25, -0.2) is 4.98 Å². The Kier molecular flexibility index (Phi) is 4.10. The van der Waals surface area contributed by atoms with Gasteiger partial charge in [-0.2, -0.15) is 0 Å². The van der Waals surface area contributed by atoms with Crippen LogP contribution in [-0.4, -0.2) is 31.3 Å². The van der Waals surface area contributed by atoms with E-state index in [1.807, 2.05) is 0 Å². The largest absolute Gasteiger partial charge is 0.378 e. The lowest BCUT2D eigenvalue weighted by molar-refractivity contribution is 0.122. The molecule has 3 heteroatoms. The number of ether oxygens (including phenoxy) is 1. The van der Waals surface area contributed by atoms with Gasteiger partial charge in [-0.3, -0.25) is 0 Å². The number of aromatic nitrogens is 1. The lowest BCUT2D eigenvalue weighted by Gasteiger charge is -2.33. The minimum atomic E-state index is 0.0604. The Labute approximate surface area is 123 Å². The third-order valence-electron chi connectivity index (χ3n) is 3.73. The first-order valence-corrected chi connectivity index (χ1v) is 7.54. The Morgan fingerprint density at radius 1 is 0.950 bits per heavy atom. The number of anilines is 1. The maximum atomic E-state index is 5.43. The van der Waals surface area contributed by atoms with E-state index in [9.17, 15) is 0 Å². The van der Waals surface area contributed by atoms with Crippen LogP contribution in [0.1, 0.15) is 52.8 Å². The molecule has 0 bridgehead atoms. The van der Waals surface area contributed by atoms with Crippen molar-refractivity contribution in [3.05, 3.63) is 23.4 Å². The topological polar surface area (TPSA) is 25.4 Å². The van der Waals surface area contributed by atoms with Crippen LogP contribution < -0.4 is 4.90 Å². The fourth-order valence-electron chi connectivity index (χ4n) is 2.59. The highest BCUT2D eigenvalue weighted by molar-refractivity contribution is 5.45. The van der Waals surface area contributed by atoms with Crippen LogP contribution in [0.25, 0.3) is 0 Å². The Balaban J connectivity index is 2.43. The van der Waals surface area contributed by atoms with Crippen molar-refractivity contribution in [2.45, 2.75) is 52.4 Å². The summed E-state index contributed by atoms with van der Waals surface area (Å²) in [6, 6.07) is 4.43. The van der Waals surface area contributed by atoms with Crippen molar-refractivity contribution in [1.29, 1.82) is 0 Å². The Morgan fingerprint density at radius 2 is 1.55 bits per heavy atom. The molecule has 1 fully saturated rings. The van der Waals surface area contributed by atoms with Gasteiger partial charge in [-0.15, -0.1) is 0 Å². The van der Waals surface area contributed by atoms with Crippen molar-refractivity contribution in [3.8, 4) is 0 Å². The van der Waals surface area contributed by atoms with Crippen molar-refractivity contribution < 1.29 is 4.74 Å². The molecule has 1 saturated heterocycles. The fraction of sp³-hybridized carbons (Fsp3) is 0.706.